The van der Waals surface area contributed by atoms with Crippen molar-refractivity contribution in [2.45, 2.75) is 60.5 Å². The van der Waals surface area contributed by atoms with E-state index in [9.17, 15) is 4.79 Å². The van der Waals surface area contributed by atoms with Gasteiger partial charge >= 0.3 is 0 Å². The lowest BCUT2D eigenvalue weighted by Gasteiger charge is -2.19. The third-order valence-electron chi connectivity index (χ3n) is 5.55. The van der Waals surface area contributed by atoms with Crippen molar-refractivity contribution in [3.8, 4) is 22.8 Å². The first-order valence-corrected chi connectivity index (χ1v) is 12.0. The van der Waals surface area contributed by atoms with Gasteiger partial charge in [-0.2, -0.15) is 4.98 Å². The molecule has 0 N–H and O–H groups in total. The largest absolute Gasteiger partial charge is 0.470 e. The number of hydrogen-bond acceptors (Lipinski definition) is 7. The molecule has 0 aliphatic heterocycles. The van der Waals surface area contributed by atoms with Crippen LogP contribution < -0.4 is 10.3 Å². The van der Waals surface area contributed by atoms with Gasteiger partial charge in [-0.05, 0) is 53.9 Å². The van der Waals surface area contributed by atoms with E-state index in [1.165, 1.54) is 6.26 Å². The molecule has 0 radical (unpaired) electrons. The molecule has 35 heavy (non-hydrogen) atoms. The lowest BCUT2D eigenvalue weighted by molar-refractivity contribution is 0.284. The quantitative estimate of drug-likeness (QED) is 0.329. The highest BCUT2D eigenvalue weighted by Gasteiger charge is 2.21. The average molecular weight is 538 g/mol. The average Bonchev–Trinajstić information content (AvgIpc) is 3.21. The Labute approximate surface area is 212 Å². The number of nitrogens with zero attached hydrogens (tertiary/aromatic N) is 5. The molecule has 182 valence electrons. The van der Waals surface area contributed by atoms with Crippen LogP contribution in [0.5, 0.6) is 5.88 Å². The zero-order valence-corrected chi connectivity index (χ0v) is 22.5. The van der Waals surface area contributed by atoms with E-state index >= 15 is 0 Å². The monoisotopic (exact) mass is 537 g/mol. The van der Waals surface area contributed by atoms with E-state index in [0.29, 0.717) is 17.4 Å². The Morgan fingerprint density at radius 2 is 1.80 bits per heavy atom. The van der Waals surface area contributed by atoms with Crippen LogP contribution in [0.2, 0.25) is 0 Å². The number of aryl methyl sites for hydroxylation is 4. The molecule has 0 amide bonds. The zero-order valence-electron chi connectivity index (χ0n) is 20.9. The van der Waals surface area contributed by atoms with Crippen LogP contribution in [0.1, 0.15) is 55.1 Å². The number of benzene rings is 1. The van der Waals surface area contributed by atoms with Crippen molar-refractivity contribution in [2.75, 3.05) is 0 Å². The van der Waals surface area contributed by atoms with Crippen LogP contribution in [0.15, 0.2) is 44.3 Å². The molecule has 0 aliphatic carbocycles. The fraction of sp³-hybridized carbons (Fsp3) is 0.346. The third-order valence-corrected chi connectivity index (χ3v) is 6.23. The van der Waals surface area contributed by atoms with Gasteiger partial charge in [-0.3, -0.25) is 9.36 Å². The maximum atomic E-state index is 13.4. The molecule has 9 heteroatoms. The molecule has 4 aromatic rings. The van der Waals surface area contributed by atoms with Gasteiger partial charge in [-0.25, -0.2) is 15.0 Å². The third kappa shape index (κ3) is 5.05. The molecule has 3 heterocycles. The highest BCUT2D eigenvalue weighted by Crippen LogP contribution is 2.29. The normalized spacial score (nSPS) is 11.7. The minimum Gasteiger partial charge on any atom is -0.470 e. The molecule has 1 aromatic carbocycles. The molecule has 0 aliphatic rings. The van der Waals surface area contributed by atoms with E-state index in [0.717, 1.165) is 33.9 Å². The number of hydrogen-bond donors (Lipinski definition) is 0. The summed E-state index contributed by atoms with van der Waals surface area (Å²) in [6, 6.07) is 5.97. The summed E-state index contributed by atoms with van der Waals surface area (Å²) in [6.07, 6.45) is 3.37. The van der Waals surface area contributed by atoms with Crippen molar-refractivity contribution in [3.05, 3.63) is 79.8 Å². The van der Waals surface area contributed by atoms with Crippen LogP contribution >= 0.6 is 15.9 Å². The lowest BCUT2D eigenvalue weighted by Crippen LogP contribution is -2.24. The zero-order chi connectivity index (χ0) is 25.5. The first-order valence-electron chi connectivity index (χ1n) is 11.2. The van der Waals surface area contributed by atoms with Gasteiger partial charge in [0, 0.05) is 24.1 Å². The van der Waals surface area contributed by atoms with Gasteiger partial charge in [0.25, 0.3) is 5.56 Å². The molecular weight excluding hydrogens is 510 g/mol. The van der Waals surface area contributed by atoms with Crippen LogP contribution in [-0.2, 0) is 12.0 Å². The maximum Gasteiger partial charge on any atom is 0.276 e. The van der Waals surface area contributed by atoms with E-state index in [2.05, 4.69) is 51.7 Å². The van der Waals surface area contributed by atoms with Gasteiger partial charge in [-0.1, -0.05) is 32.9 Å². The Morgan fingerprint density at radius 3 is 2.46 bits per heavy atom. The van der Waals surface area contributed by atoms with E-state index in [1.807, 2.05) is 38.2 Å². The molecule has 3 aromatic heterocycles. The number of ether oxygens (including phenoxy) is 1. The molecule has 0 atom stereocenters. The molecule has 4 rings (SSSR count). The minimum atomic E-state index is -0.265. The Hall–Kier alpha value is -3.33. The van der Waals surface area contributed by atoms with Gasteiger partial charge in [-0.15, -0.1) is 0 Å². The van der Waals surface area contributed by atoms with Crippen LogP contribution in [0, 0.1) is 27.7 Å². The minimum absolute atomic E-state index is 0.142. The van der Waals surface area contributed by atoms with Crippen molar-refractivity contribution in [2.24, 2.45) is 0 Å². The van der Waals surface area contributed by atoms with Crippen molar-refractivity contribution in [1.82, 2.24) is 24.5 Å². The number of rotatable bonds is 5. The summed E-state index contributed by atoms with van der Waals surface area (Å²) in [7, 11) is 0. The summed E-state index contributed by atoms with van der Waals surface area (Å²) in [5, 5.41) is 0. The first kappa shape index (κ1) is 24.8. The Balaban J connectivity index is 1.76. The topological polar surface area (TPSA) is 95.9 Å². The van der Waals surface area contributed by atoms with Crippen molar-refractivity contribution < 1.29 is 9.15 Å². The molecule has 8 nitrogen and oxygen atoms in total. The van der Waals surface area contributed by atoms with E-state index in [1.54, 1.807) is 18.4 Å². The Kier molecular flexibility index (Phi) is 6.64. The van der Waals surface area contributed by atoms with Crippen LogP contribution in [0.4, 0.5) is 0 Å². The van der Waals surface area contributed by atoms with Gasteiger partial charge in [0.1, 0.15) is 34.7 Å². The smallest absolute Gasteiger partial charge is 0.276 e. The van der Waals surface area contributed by atoms with E-state index in [4.69, 9.17) is 14.1 Å². The van der Waals surface area contributed by atoms with E-state index in [-0.39, 0.29) is 27.9 Å². The lowest BCUT2D eigenvalue weighted by atomic mass is 9.95. The molecule has 0 fully saturated rings. The van der Waals surface area contributed by atoms with E-state index < -0.39 is 0 Å². The summed E-state index contributed by atoms with van der Waals surface area (Å²) < 4.78 is 12.8. The summed E-state index contributed by atoms with van der Waals surface area (Å²) in [4.78, 5) is 31.5. The molecular formula is C26H28BrN5O3. The highest BCUT2D eigenvalue weighted by atomic mass is 79.9. The predicted molar refractivity (Wildman–Crippen MR) is 137 cm³/mol. The first-order chi connectivity index (χ1) is 16.5. The highest BCUT2D eigenvalue weighted by molar-refractivity contribution is 9.10. The van der Waals surface area contributed by atoms with Crippen molar-refractivity contribution in [1.29, 1.82) is 0 Å². The van der Waals surface area contributed by atoms with Gasteiger partial charge in [0.05, 0.1) is 11.4 Å². The second-order valence-corrected chi connectivity index (χ2v) is 10.3. The molecule has 0 saturated heterocycles. The Morgan fingerprint density at radius 1 is 1.06 bits per heavy atom. The second kappa shape index (κ2) is 9.37. The van der Waals surface area contributed by atoms with Crippen LogP contribution in [-0.4, -0.2) is 24.5 Å². The van der Waals surface area contributed by atoms with Crippen LogP contribution in [0.3, 0.4) is 0 Å². The van der Waals surface area contributed by atoms with Gasteiger partial charge in [0.15, 0.2) is 5.89 Å². The van der Waals surface area contributed by atoms with Gasteiger partial charge < -0.3 is 9.15 Å². The second-order valence-electron chi connectivity index (χ2n) is 9.54. The number of aromatic nitrogens is 5. The fourth-order valence-corrected chi connectivity index (χ4v) is 4.05. The summed E-state index contributed by atoms with van der Waals surface area (Å²) in [5.74, 6) is 2.02. The van der Waals surface area contributed by atoms with Crippen LogP contribution in [0.25, 0.3) is 16.9 Å². The SMILES string of the molecule is Cc1nc(COc2nc(C)n(-c3cc(-c4nc(C(C)(C)C)ncc4C)ccc3C)c(=O)c2Br)co1. The fourth-order valence-electron chi connectivity index (χ4n) is 3.67. The number of halogens is 1. The Bertz CT molecular complexity index is 1470. The summed E-state index contributed by atoms with van der Waals surface area (Å²) in [6.45, 7) is 13.9. The molecule has 0 saturated carbocycles. The number of oxazole rings is 1. The maximum absolute atomic E-state index is 13.4. The van der Waals surface area contributed by atoms with Crippen molar-refractivity contribution >= 4 is 15.9 Å². The standard InChI is InChI=1S/C26H28BrN5O3/c1-14-8-9-18(22-15(2)11-28-25(31-22)26(5,6)7)10-20(14)32-16(3)29-23(21(27)24(32)33)35-13-19-12-34-17(4)30-19/h8-12H,13H2,1-7H3. The summed E-state index contributed by atoms with van der Waals surface area (Å²) in [5.41, 5.74) is 4.54. The molecule has 0 bridgehead atoms. The summed E-state index contributed by atoms with van der Waals surface area (Å²) >= 11 is 3.39. The van der Waals surface area contributed by atoms with Crippen molar-refractivity contribution in [3.63, 3.8) is 0 Å². The van der Waals surface area contributed by atoms with Gasteiger partial charge in [0.2, 0.25) is 5.88 Å². The molecule has 0 unspecified atom stereocenters. The molecule has 0 spiro atoms. The predicted octanol–water partition coefficient (Wildman–Crippen LogP) is 5.55.